The Balaban J connectivity index is 1.71. The zero-order valence-corrected chi connectivity index (χ0v) is 14.3. The van der Waals surface area contributed by atoms with Crippen molar-refractivity contribution in [2.75, 3.05) is 5.88 Å². The van der Waals surface area contributed by atoms with E-state index in [1.807, 2.05) is 0 Å². The van der Waals surface area contributed by atoms with Crippen LogP contribution in [-0.2, 0) is 12.8 Å². The van der Waals surface area contributed by atoms with Gasteiger partial charge in [-0.15, -0.1) is 22.9 Å². The number of thiophene rings is 1. The van der Waals surface area contributed by atoms with Gasteiger partial charge in [-0.2, -0.15) is 0 Å². The number of carbonyl (C=O) groups excluding carboxylic acids is 1. The van der Waals surface area contributed by atoms with Crippen molar-refractivity contribution in [2.24, 2.45) is 5.92 Å². The summed E-state index contributed by atoms with van der Waals surface area (Å²) in [6.45, 7) is 2.29. The number of rotatable bonds is 3. The van der Waals surface area contributed by atoms with Crippen molar-refractivity contribution in [3.8, 4) is 0 Å². The number of aryl methyl sites for hydroxylation is 2. The average Bonchev–Trinajstić information content (AvgIpc) is 2.94. The highest BCUT2D eigenvalue weighted by atomic mass is 35.5. The molecule has 2 aliphatic carbocycles. The lowest BCUT2D eigenvalue weighted by Gasteiger charge is -2.38. The second kappa shape index (κ2) is 6.29. The average molecular weight is 326 g/mol. The second-order valence-electron chi connectivity index (χ2n) is 6.82. The van der Waals surface area contributed by atoms with E-state index in [1.54, 1.807) is 11.3 Å². The number of hydrogen-bond acceptors (Lipinski definition) is 2. The molecule has 1 amide bonds. The van der Waals surface area contributed by atoms with Gasteiger partial charge in [-0.3, -0.25) is 4.79 Å². The second-order valence-corrected chi connectivity index (χ2v) is 8.22. The first-order valence-corrected chi connectivity index (χ1v) is 9.47. The predicted molar refractivity (Wildman–Crippen MR) is 89.5 cm³/mol. The normalized spacial score (nSPS) is 29.0. The fourth-order valence-electron chi connectivity index (χ4n) is 3.51. The molecule has 1 N–H and O–H groups in total. The Bertz CT molecular complexity index is 493. The smallest absolute Gasteiger partial charge is 0.261 e. The molecule has 1 saturated carbocycles. The number of hydrogen-bond donors (Lipinski definition) is 1. The summed E-state index contributed by atoms with van der Waals surface area (Å²) in [6, 6.07) is 2.11. The van der Waals surface area contributed by atoms with Crippen molar-refractivity contribution in [1.29, 1.82) is 0 Å². The SMILES string of the molecule is CC1CCC(CCl)(NC(=O)c2cc3c(s2)CCCC3)CC1. The molecule has 0 atom stereocenters. The molecule has 1 heterocycles. The molecule has 4 heteroatoms. The van der Waals surface area contributed by atoms with Crippen molar-refractivity contribution in [2.45, 2.75) is 63.8 Å². The first-order valence-electron chi connectivity index (χ1n) is 8.12. The molecule has 3 rings (SSSR count). The zero-order chi connectivity index (χ0) is 14.9. The Hall–Kier alpha value is -0.540. The molecular formula is C17H24ClNOS. The molecule has 116 valence electrons. The molecule has 0 radical (unpaired) electrons. The maximum atomic E-state index is 12.6. The van der Waals surface area contributed by atoms with E-state index < -0.39 is 0 Å². The van der Waals surface area contributed by atoms with Crippen molar-refractivity contribution in [3.05, 3.63) is 21.4 Å². The van der Waals surface area contributed by atoms with Gasteiger partial charge in [-0.05, 0) is 68.9 Å². The highest BCUT2D eigenvalue weighted by molar-refractivity contribution is 7.14. The molecule has 0 aliphatic heterocycles. The molecule has 1 aromatic rings. The van der Waals surface area contributed by atoms with Crippen LogP contribution in [-0.4, -0.2) is 17.3 Å². The molecule has 0 unspecified atom stereocenters. The number of carbonyl (C=O) groups is 1. The van der Waals surface area contributed by atoms with Crippen LogP contribution in [0.25, 0.3) is 0 Å². The van der Waals surface area contributed by atoms with Gasteiger partial charge in [0.25, 0.3) is 5.91 Å². The van der Waals surface area contributed by atoms with Gasteiger partial charge in [0, 0.05) is 10.8 Å². The zero-order valence-electron chi connectivity index (χ0n) is 12.7. The molecule has 0 spiro atoms. The minimum atomic E-state index is -0.185. The number of fused-ring (bicyclic) bond motifs is 1. The molecule has 2 aliphatic rings. The lowest BCUT2D eigenvalue weighted by Crippen LogP contribution is -2.52. The summed E-state index contributed by atoms with van der Waals surface area (Å²) in [7, 11) is 0. The number of halogens is 1. The third-order valence-electron chi connectivity index (χ3n) is 5.09. The predicted octanol–water partition coefficient (Wildman–Crippen LogP) is 4.54. The Morgan fingerprint density at radius 1 is 1.38 bits per heavy atom. The van der Waals surface area contributed by atoms with Gasteiger partial charge in [0.05, 0.1) is 10.4 Å². The molecular weight excluding hydrogens is 302 g/mol. The third-order valence-corrected chi connectivity index (χ3v) is 6.83. The first kappa shape index (κ1) is 15.4. The summed E-state index contributed by atoms with van der Waals surface area (Å²) in [5, 5.41) is 3.27. The van der Waals surface area contributed by atoms with Crippen molar-refractivity contribution in [1.82, 2.24) is 5.32 Å². The Kier molecular flexibility index (Phi) is 4.60. The van der Waals surface area contributed by atoms with Crippen LogP contribution in [0.4, 0.5) is 0 Å². The maximum Gasteiger partial charge on any atom is 0.261 e. The lowest BCUT2D eigenvalue weighted by molar-refractivity contribution is 0.0876. The van der Waals surface area contributed by atoms with E-state index in [-0.39, 0.29) is 11.4 Å². The fourth-order valence-corrected chi connectivity index (χ4v) is 4.99. The number of amides is 1. The molecule has 0 saturated heterocycles. The van der Waals surface area contributed by atoms with Crippen LogP contribution in [0.15, 0.2) is 6.07 Å². The van der Waals surface area contributed by atoms with Gasteiger partial charge in [0.15, 0.2) is 0 Å². The fraction of sp³-hybridized carbons (Fsp3) is 0.706. The van der Waals surface area contributed by atoms with Crippen LogP contribution < -0.4 is 5.32 Å². The monoisotopic (exact) mass is 325 g/mol. The minimum Gasteiger partial charge on any atom is -0.345 e. The topological polar surface area (TPSA) is 29.1 Å². The molecule has 1 fully saturated rings. The molecule has 0 bridgehead atoms. The van der Waals surface area contributed by atoms with E-state index in [4.69, 9.17) is 11.6 Å². The summed E-state index contributed by atoms with van der Waals surface area (Å²) in [6.07, 6.45) is 9.14. The molecule has 0 aromatic carbocycles. The van der Waals surface area contributed by atoms with Crippen LogP contribution in [0.1, 0.15) is 65.6 Å². The van der Waals surface area contributed by atoms with Gasteiger partial charge in [0.2, 0.25) is 0 Å². The van der Waals surface area contributed by atoms with E-state index in [0.29, 0.717) is 5.88 Å². The first-order chi connectivity index (χ1) is 10.1. The van der Waals surface area contributed by atoms with Gasteiger partial charge < -0.3 is 5.32 Å². The third kappa shape index (κ3) is 3.29. The summed E-state index contributed by atoms with van der Waals surface area (Å²) >= 11 is 7.89. The lowest BCUT2D eigenvalue weighted by atomic mass is 9.78. The van der Waals surface area contributed by atoms with E-state index in [9.17, 15) is 4.79 Å². The standard InChI is InChI=1S/C17H24ClNOS/c1-12-6-8-17(11-18,9-7-12)19-16(20)15-10-13-4-2-3-5-14(13)21-15/h10,12H,2-9,11H2,1H3,(H,19,20). The van der Waals surface area contributed by atoms with Crippen molar-refractivity contribution in [3.63, 3.8) is 0 Å². The summed E-state index contributed by atoms with van der Waals surface area (Å²) in [5.41, 5.74) is 1.21. The Morgan fingerprint density at radius 3 is 2.76 bits per heavy atom. The number of nitrogens with one attached hydrogen (secondary N) is 1. The summed E-state index contributed by atoms with van der Waals surface area (Å²) < 4.78 is 0. The molecule has 21 heavy (non-hydrogen) atoms. The van der Waals surface area contributed by atoms with Crippen molar-refractivity contribution < 1.29 is 4.79 Å². The van der Waals surface area contributed by atoms with Gasteiger partial charge >= 0.3 is 0 Å². The van der Waals surface area contributed by atoms with Crippen LogP contribution >= 0.6 is 22.9 Å². The van der Waals surface area contributed by atoms with Gasteiger partial charge in [-0.1, -0.05) is 6.92 Å². The van der Waals surface area contributed by atoms with Crippen LogP contribution in [0.5, 0.6) is 0 Å². The van der Waals surface area contributed by atoms with Crippen molar-refractivity contribution >= 4 is 28.8 Å². The highest BCUT2D eigenvalue weighted by Gasteiger charge is 2.35. The minimum absolute atomic E-state index is 0.0876. The Labute approximate surface area is 136 Å². The van der Waals surface area contributed by atoms with Crippen LogP contribution in [0.2, 0.25) is 0 Å². The van der Waals surface area contributed by atoms with Crippen LogP contribution in [0, 0.1) is 5.92 Å². The van der Waals surface area contributed by atoms with E-state index in [1.165, 1.54) is 23.3 Å². The van der Waals surface area contributed by atoms with Gasteiger partial charge in [0.1, 0.15) is 0 Å². The number of alkyl halides is 1. The maximum absolute atomic E-state index is 12.6. The van der Waals surface area contributed by atoms with Gasteiger partial charge in [-0.25, -0.2) is 0 Å². The summed E-state index contributed by atoms with van der Waals surface area (Å²) in [5.74, 6) is 1.37. The molecule has 2 nitrogen and oxygen atoms in total. The largest absolute Gasteiger partial charge is 0.345 e. The quantitative estimate of drug-likeness (QED) is 0.812. The highest BCUT2D eigenvalue weighted by Crippen LogP contribution is 2.34. The van der Waals surface area contributed by atoms with E-state index in [0.717, 1.165) is 49.3 Å². The van der Waals surface area contributed by atoms with Crippen LogP contribution in [0.3, 0.4) is 0 Å². The van der Waals surface area contributed by atoms with E-state index >= 15 is 0 Å². The van der Waals surface area contributed by atoms with E-state index in [2.05, 4.69) is 18.3 Å². The molecule has 1 aromatic heterocycles. The Morgan fingerprint density at radius 2 is 2.10 bits per heavy atom. The summed E-state index contributed by atoms with van der Waals surface area (Å²) in [4.78, 5) is 14.9.